The van der Waals surface area contributed by atoms with E-state index in [4.69, 9.17) is 10.8 Å². The van der Waals surface area contributed by atoms with Gasteiger partial charge in [0.2, 0.25) is 0 Å². The van der Waals surface area contributed by atoms with Crippen molar-refractivity contribution in [3.05, 3.63) is 42.2 Å². The van der Waals surface area contributed by atoms with Crippen LogP contribution in [0.4, 0.5) is 15.8 Å². The van der Waals surface area contributed by atoms with Crippen LogP contribution in [0.25, 0.3) is 0 Å². The fraction of sp³-hybridized carbons (Fsp3) is 0.231. The van der Waals surface area contributed by atoms with Crippen molar-refractivity contribution < 1.29 is 14.3 Å². The van der Waals surface area contributed by atoms with E-state index in [0.717, 1.165) is 19.0 Å². The molecule has 0 saturated carbocycles. The summed E-state index contributed by atoms with van der Waals surface area (Å²) >= 11 is 0. The van der Waals surface area contributed by atoms with E-state index in [9.17, 15) is 9.18 Å². The summed E-state index contributed by atoms with van der Waals surface area (Å²) in [7, 11) is 0. The van der Waals surface area contributed by atoms with Gasteiger partial charge in [-0.25, -0.2) is 14.2 Å². The minimum absolute atomic E-state index is 0.229. The highest BCUT2D eigenvalue weighted by Gasteiger charge is 2.16. The normalized spacial score (nSPS) is 10.4. The quantitative estimate of drug-likeness (QED) is 0.553. The van der Waals surface area contributed by atoms with Crippen molar-refractivity contribution in [3.63, 3.8) is 0 Å². The van der Waals surface area contributed by atoms with Gasteiger partial charge in [0, 0.05) is 25.5 Å². The zero-order chi connectivity index (χ0) is 14.5. The molecular weight excluding hydrogens is 263 g/mol. The van der Waals surface area contributed by atoms with Crippen molar-refractivity contribution in [1.82, 2.24) is 9.55 Å². The molecule has 7 heteroatoms. The molecule has 0 spiro atoms. The second-order valence-corrected chi connectivity index (χ2v) is 4.27. The molecule has 0 fully saturated rings. The van der Waals surface area contributed by atoms with Crippen LogP contribution in [-0.2, 0) is 6.54 Å². The lowest BCUT2D eigenvalue weighted by Gasteiger charge is -2.12. The van der Waals surface area contributed by atoms with Gasteiger partial charge in [0.05, 0.1) is 17.7 Å². The molecule has 0 amide bonds. The molecule has 4 N–H and O–H groups in total. The molecule has 2 aromatic rings. The summed E-state index contributed by atoms with van der Waals surface area (Å²) in [4.78, 5) is 15.0. The van der Waals surface area contributed by atoms with Crippen molar-refractivity contribution >= 4 is 17.3 Å². The number of hydrogen-bond donors (Lipinski definition) is 3. The number of nitrogens with one attached hydrogen (secondary N) is 1. The van der Waals surface area contributed by atoms with E-state index in [1.54, 1.807) is 12.5 Å². The highest BCUT2D eigenvalue weighted by atomic mass is 19.1. The molecule has 6 nitrogen and oxygen atoms in total. The monoisotopic (exact) mass is 278 g/mol. The number of aromatic carboxylic acids is 1. The van der Waals surface area contributed by atoms with Crippen molar-refractivity contribution in [2.24, 2.45) is 0 Å². The van der Waals surface area contributed by atoms with Gasteiger partial charge < -0.3 is 20.7 Å². The summed E-state index contributed by atoms with van der Waals surface area (Å²) in [6, 6.07) is 2.53. The van der Waals surface area contributed by atoms with Crippen LogP contribution in [-0.4, -0.2) is 27.2 Å². The van der Waals surface area contributed by atoms with Gasteiger partial charge in [0.1, 0.15) is 11.4 Å². The zero-order valence-electron chi connectivity index (χ0n) is 10.7. The van der Waals surface area contributed by atoms with Gasteiger partial charge >= 0.3 is 5.97 Å². The minimum Gasteiger partial charge on any atom is -0.478 e. The molecule has 106 valence electrons. The Hall–Kier alpha value is -2.57. The molecule has 0 aliphatic heterocycles. The maximum absolute atomic E-state index is 13.3. The van der Waals surface area contributed by atoms with Gasteiger partial charge in [0.25, 0.3) is 0 Å². The number of aryl methyl sites for hydroxylation is 1. The Morgan fingerprint density at radius 2 is 2.30 bits per heavy atom. The van der Waals surface area contributed by atoms with Crippen LogP contribution in [0.15, 0.2) is 30.9 Å². The van der Waals surface area contributed by atoms with Gasteiger partial charge in [-0.3, -0.25) is 0 Å². The second-order valence-electron chi connectivity index (χ2n) is 4.27. The highest BCUT2D eigenvalue weighted by Crippen LogP contribution is 2.25. The molecule has 20 heavy (non-hydrogen) atoms. The van der Waals surface area contributed by atoms with E-state index in [-0.39, 0.29) is 11.3 Å². The number of halogens is 1. The van der Waals surface area contributed by atoms with Crippen molar-refractivity contribution in [3.8, 4) is 0 Å². The van der Waals surface area contributed by atoms with E-state index in [1.807, 2.05) is 10.8 Å². The average molecular weight is 278 g/mol. The van der Waals surface area contributed by atoms with E-state index in [0.29, 0.717) is 12.2 Å². The molecule has 0 atom stereocenters. The minimum atomic E-state index is -1.25. The van der Waals surface area contributed by atoms with Gasteiger partial charge in [-0.2, -0.15) is 0 Å². The van der Waals surface area contributed by atoms with Gasteiger partial charge in [-0.15, -0.1) is 0 Å². The van der Waals surface area contributed by atoms with Crippen molar-refractivity contribution in [2.75, 3.05) is 17.6 Å². The van der Waals surface area contributed by atoms with E-state index in [2.05, 4.69) is 10.3 Å². The Bertz CT molecular complexity index is 599. The maximum Gasteiger partial charge on any atom is 0.340 e. The maximum atomic E-state index is 13.3. The number of carbonyl (C=O) groups is 1. The fourth-order valence-corrected chi connectivity index (χ4v) is 1.88. The standard InChI is InChI=1S/C13H15FN4O2/c14-9-2-3-10(11(12(9)15)13(19)20)17-4-1-6-18-7-5-16-8-18/h2-3,5,7-8,17H,1,4,6,15H2,(H,19,20). The van der Waals surface area contributed by atoms with Gasteiger partial charge in [-0.05, 0) is 18.6 Å². The summed E-state index contributed by atoms with van der Waals surface area (Å²) in [5.41, 5.74) is 5.20. The average Bonchev–Trinajstić information content (AvgIpc) is 2.91. The molecule has 0 radical (unpaired) electrons. The first-order valence-corrected chi connectivity index (χ1v) is 6.10. The molecule has 0 bridgehead atoms. The predicted octanol–water partition coefficient (Wildman–Crippen LogP) is 1.80. The lowest BCUT2D eigenvalue weighted by molar-refractivity contribution is 0.0698. The first-order valence-electron chi connectivity index (χ1n) is 6.10. The van der Waals surface area contributed by atoms with Gasteiger partial charge in [-0.1, -0.05) is 0 Å². The Morgan fingerprint density at radius 3 is 2.95 bits per heavy atom. The lowest BCUT2D eigenvalue weighted by Crippen LogP contribution is -2.12. The number of nitrogen functional groups attached to an aromatic ring is 1. The zero-order valence-corrected chi connectivity index (χ0v) is 10.7. The van der Waals surface area contributed by atoms with Crippen LogP contribution in [0.2, 0.25) is 0 Å². The molecular formula is C13H15FN4O2. The fourth-order valence-electron chi connectivity index (χ4n) is 1.88. The molecule has 0 unspecified atom stereocenters. The number of benzene rings is 1. The number of nitrogens with two attached hydrogens (primary N) is 1. The molecule has 1 aromatic carbocycles. The van der Waals surface area contributed by atoms with E-state index < -0.39 is 11.8 Å². The van der Waals surface area contributed by atoms with Crippen LogP contribution in [0.1, 0.15) is 16.8 Å². The molecule has 1 heterocycles. The Labute approximate surface area is 115 Å². The number of aromatic nitrogens is 2. The number of anilines is 2. The van der Waals surface area contributed by atoms with Crippen molar-refractivity contribution in [1.29, 1.82) is 0 Å². The number of carboxylic acids is 1. The van der Waals surface area contributed by atoms with E-state index >= 15 is 0 Å². The van der Waals surface area contributed by atoms with Crippen LogP contribution >= 0.6 is 0 Å². The smallest absolute Gasteiger partial charge is 0.340 e. The number of nitrogens with zero attached hydrogens (tertiary/aromatic N) is 2. The first kappa shape index (κ1) is 13.9. The second kappa shape index (κ2) is 6.05. The molecule has 1 aromatic heterocycles. The van der Waals surface area contributed by atoms with Crippen LogP contribution in [0.3, 0.4) is 0 Å². The first-order chi connectivity index (χ1) is 9.59. The highest BCUT2D eigenvalue weighted by molar-refractivity contribution is 6.00. The number of rotatable bonds is 6. The Morgan fingerprint density at radius 1 is 1.50 bits per heavy atom. The Kier molecular flexibility index (Phi) is 4.19. The third kappa shape index (κ3) is 3.05. The predicted molar refractivity (Wildman–Crippen MR) is 73.1 cm³/mol. The number of imidazole rings is 1. The number of carboxylic acid groups (broad SMARTS) is 1. The van der Waals surface area contributed by atoms with Crippen LogP contribution < -0.4 is 11.1 Å². The van der Waals surface area contributed by atoms with E-state index in [1.165, 1.54) is 6.07 Å². The molecule has 0 aliphatic carbocycles. The largest absolute Gasteiger partial charge is 0.478 e. The van der Waals surface area contributed by atoms with Crippen LogP contribution in [0.5, 0.6) is 0 Å². The van der Waals surface area contributed by atoms with Gasteiger partial charge in [0.15, 0.2) is 0 Å². The molecule has 0 saturated heterocycles. The third-order valence-electron chi connectivity index (χ3n) is 2.87. The summed E-state index contributed by atoms with van der Waals surface area (Å²) in [6.45, 7) is 1.30. The van der Waals surface area contributed by atoms with Crippen LogP contribution in [0, 0.1) is 5.82 Å². The third-order valence-corrected chi connectivity index (χ3v) is 2.87. The Balaban J connectivity index is 1.99. The SMILES string of the molecule is Nc1c(F)ccc(NCCCn2ccnc2)c1C(=O)O. The topological polar surface area (TPSA) is 93.2 Å². The summed E-state index contributed by atoms with van der Waals surface area (Å²) in [5, 5.41) is 12.0. The summed E-state index contributed by atoms with van der Waals surface area (Å²) < 4.78 is 15.2. The summed E-state index contributed by atoms with van der Waals surface area (Å²) in [5.74, 6) is -1.98. The summed E-state index contributed by atoms with van der Waals surface area (Å²) in [6.07, 6.45) is 6.01. The lowest BCUT2D eigenvalue weighted by atomic mass is 10.1. The van der Waals surface area contributed by atoms with Crippen molar-refractivity contribution in [2.45, 2.75) is 13.0 Å². The number of hydrogen-bond acceptors (Lipinski definition) is 4. The molecule has 2 rings (SSSR count). The molecule has 0 aliphatic rings.